The minimum Gasteiger partial charge on any atom is -0.457 e. The van der Waals surface area contributed by atoms with Crippen LogP contribution in [0.4, 0.5) is 4.39 Å². The fourth-order valence-corrected chi connectivity index (χ4v) is 5.43. The maximum absolute atomic E-state index is 13.1. The fourth-order valence-electron chi connectivity index (χ4n) is 4.33. The number of benzene rings is 3. The van der Waals surface area contributed by atoms with Crippen LogP contribution in [0.25, 0.3) is 0 Å². The highest BCUT2D eigenvalue weighted by Crippen LogP contribution is 2.27. The van der Waals surface area contributed by atoms with Crippen LogP contribution in [0.15, 0.2) is 78.9 Å². The highest BCUT2D eigenvalue weighted by molar-refractivity contribution is 7.91. The Hall–Kier alpha value is -3.56. The lowest BCUT2D eigenvalue weighted by Crippen LogP contribution is -2.45. The minimum atomic E-state index is -3.88. The third-order valence-corrected chi connectivity index (χ3v) is 7.39. The third-order valence-electron chi connectivity index (χ3n) is 6.05. The van der Waals surface area contributed by atoms with E-state index in [-0.39, 0.29) is 11.5 Å². The average Bonchev–Trinajstić information content (AvgIpc) is 3.30. The van der Waals surface area contributed by atoms with Gasteiger partial charge in [0.1, 0.15) is 17.3 Å². The van der Waals surface area contributed by atoms with Gasteiger partial charge in [0.25, 0.3) is 0 Å². The normalized spacial score (nSPS) is 18.4. The van der Waals surface area contributed by atoms with Crippen LogP contribution in [0.1, 0.15) is 22.8 Å². The molecule has 2 N–H and O–H groups in total. The van der Waals surface area contributed by atoms with Crippen molar-refractivity contribution in [2.45, 2.75) is 24.1 Å². The number of carbonyl (C=O) groups is 2. The van der Waals surface area contributed by atoms with E-state index in [0.717, 1.165) is 12.7 Å². The minimum absolute atomic E-state index is 0.204. The van der Waals surface area contributed by atoms with Crippen molar-refractivity contribution in [3.8, 4) is 11.5 Å². The first kappa shape index (κ1) is 25.5. The van der Waals surface area contributed by atoms with E-state index in [9.17, 15) is 22.4 Å². The number of hydrogen-bond acceptors (Lipinski definition) is 6. The van der Waals surface area contributed by atoms with Gasteiger partial charge in [-0.1, -0.05) is 42.5 Å². The van der Waals surface area contributed by atoms with Crippen molar-refractivity contribution in [1.29, 1.82) is 0 Å². The average molecular weight is 511 g/mol. The lowest BCUT2D eigenvalue weighted by atomic mass is 9.96. The Bertz CT molecular complexity index is 1310. The third kappa shape index (κ3) is 6.56. The van der Waals surface area contributed by atoms with Crippen molar-refractivity contribution in [3.63, 3.8) is 0 Å². The number of carbonyl (C=O) groups excluding carboxylic acids is 2. The molecule has 1 unspecified atom stereocenters. The van der Waals surface area contributed by atoms with Crippen molar-refractivity contribution in [2.24, 2.45) is 5.92 Å². The lowest BCUT2D eigenvalue weighted by molar-refractivity contribution is -0.131. The van der Waals surface area contributed by atoms with Gasteiger partial charge in [-0.15, -0.1) is 0 Å². The summed E-state index contributed by atoms with van der Waals surface area (Å²) in [5, 5.41) is 3.86. The van der Waals surface area contributed by atoms with Gasteiger partial charge in [0.05, 0.1) is 6.04 Å². The second-order valence-corrected chi connectivity index (χ2v) is 11.1. The van der Waals surface area contributed by atoms with Gasteiger partial charge in [-0.25, -0.2) is 12.8 Å². The van der Waals surface area contributed by atoms with E-state index in [1.165, 1.54) is 54.1 Å². The Morgan fingerprint density at radius 1 is 1.00 bits per heavy atom. The SMILES string of the molecule is CS(=O)(=O)C(C(=O)NC(=O)[C@H]1C[C@@H](Cc2ccccc2)CN1)c1ccc(Oc2ccc(F)cc2)cc1. The van der Waals surface area contributed by atoms with Gasteiger partial charge < -0.3 is 10.1 Å². The van der Waals surface area contributed by atoms with Crippen LogP contribution in [0, 0.1) is 11.7 Å². The topological polar surface area (TPSA) is 102 Å². The summed E-state index contributed by atoms with van der Waals surface area (Å²) in [5.41, 5.74) is 1.38. The smallest absolute Gasteiger partial charge is 0.249 e. The van der Waals surface area contributed by atoms with Gasteiger partial charge in [-0.2, -0.15) is 0 Å². The number of ether oxygens (including phenoxy) is 1. The van der Waals surface area contributed by atoms with E-state index in [1.807, 2.05) is 30.3 Å². The molecule has 4 rings (SSSR count). The van der Waals surface area contributed by atoms with Crippen LogP contribution in [0.3, 0.4) is 0 Å². The predicted molar refractivity (Wildman–Crippen MR) is 134 cm³/mol. The number of rotatable bonds is 8. The molecule has 1 fully saturated rings. The summed E-state index contributed by atoms with van der Waals surface area (Å²) in [4.78, 5) is 25.7. The first-order chi connectivity index (χ1) is 17.2. The molecule has 188 valence electrons. The summed E-state index contributed by atoms with van der Waals surface area (Å²) in [6.45, 7) is 0.631. The first-order valence-corrected chi connectivity index (χ1v) is 13.5. The molecule has 3 aromatic carbocycles. The molecule has 0 saturated carbocycles. The zero-order chi connectivity index (χ0) is 25.7. The standard InChI is InChI=1S/C27H27FN2O5S/c1-36(33,34)25(20-7-11-22(12-8-20)35-23-13-9-21(28)10-14-23)27(32)30-26(31)24-16-19(17-29-24)15-18-5-3-2-4-6-18/h2-14,19,24-25,29H,15-17H2,1H3,(H,30,31,32)/t19-,24-,25?/m1/s1. The quantitative estimate of drug-likeness (QED) is 0.481. The van der Waals surface area contributed by atoms with Gasteiger partial charge in [0.2, 0.25) is 11.8 Å². The van der Waals surface area contributed by atoms with Gasteiger partial charge >= 0.3 is 0 Å². The van der Waals surface area contributed by atoms with Crippen molar-refractivity contribution < 1.29 is 27.1 Å². The van der Waals surface area contributed by atoms with Crippen LogP contribution in [-0.2, 0) is 25.8 Å². The second kappa shape index (κ2) is 11.0. The summed E-state index contributed by atoms with van der Waals surface area (Å²) < 4.78 is 43.7. The summed E-state index contributed by atoms with van der Waals surface area (Å²) in [5.74, 6) is -0.814. The molecule has 1 saturated heterocycles. The van der Waals surface area contributed by atoms with E-state index >= 15 is 0 Å². The molecule has 3 atom stereocenters. The molecule has 1 aliphatic rings. The molecule has 0 aromatic heterocycles. The monoisotopic (exact) mass is 510 g/mol. The van der Waals surface area contributed by atoms with E-state index < -0.39 is 38.8 Å². The molecule has 1 aliphatic heterocycles. The zero-order valence-corrected chi connectivity index (χ0v) is 20.5. The fraction of sp³-hybridized carbons (Fsp3) is 0.259. The number of sulfone groups is 1. The van der Waals surface area contributed by atoms with Gasteiger partial charge in [0.15, 0.2) is 15.1 Å². The maximum Gasteiger partial charge on any atom is 0.249 e. The first-order valence-electron chi connectivity index (χ1n) is 11.5. The molecule has 0 aliphatic carbocycles. The molecular weight excluding hydrogens is 483 g/mol. The Labute approximate surface area is 209 Å². The van der Waals surface area contributed by atoms with Crippen LogP contribution >= 0.6 is 0 Å². The van der Waals surface area contributed by atoms with E-state index in [4.69, 9.17) is 4.74 Å². The van der Waals surface area contributed by atoms with Gasteiger partial charge in [-0.3, -0.25) is 14.9 Å². The van der Waals surface area contributed by atoms with Gasteiger partial charge in [-0.05, 0) is 72.8 Å². The maximum atomic E-state index is 13.1. The van der Waals surface area contributed by atoms with E-state index in [0.29, 0.717) is 24.5 Å². The largest absolute Gasteiger partial charge is 0.457 e. The highest BCUT2D eigenvalue weighted by Gasteiger charge is 2.35. The van der Waals surface area contributed by atoms with Crippen LogP contribution in [-0.4, -0.2) is 39.1 Å². The van der Waals surface area contributed by atoms with E-state index in [1.54, 1.807) is 0 Å². The van der Waals surface area contributed by atoms with Crippen LogP contribution in [0.2, 0.25) is 0 Å². The number of nitrogens with one attached hydrogen (secondary N) is 2. The molecule has 2 amide bonds. The zero-order valence-electron chi connectivity index (χ0n) is 19.7. The van der Waals surface area contributed by atoms with E-state index in [2.05, 4.69) is 10.6 Å². The molecule has 9 heteroatoms. The Morgan fingerprint density at radius 2 is 1.61 bits per heavy atom. The van der Waals surface area contributed by atoms with Crippen molar-refractivity contribution >= 4 is 21.7 Å². The Balaban J connectivity index is 1.39. The second-order valence-electron chi connectivity index (χ2n) is 8.94. The molecule has 1 heterocycles. The molecule has 36 heavy (non-hydrogen) atoms. The van der Waals surface area contributed by atoms with Crippen LogP contribution < -0.4 is 15.4 Å². The summed E-state index contributed by atoms with van der Waals surface area (Å²) in [6, 6.07) is 20.7. The number of amides is 2. The lowest BCUT2D eigenvalue weighted by Gasteiger charge is -2.17. The number of hydrogen-bond donors (Lipinski definition) is 2. The summed E-state index contributed by atoms with van der Waals surface area (Å²) >= 11 is 0. The molecule has 0 spiro atoms. The highest BCUT2D eigenvalue weighted by atomic mass is 32.2. The Kier molecular flexibility index (Phi) is 7.81. The summed E-state index contributed by atoms with van der Waals surface area (Å²) in [7, 11) is -3.88. The van der Waals surface area contributed by atoms with Gasteiger partial charge in [0, 0.05) is 6.26 Å². The predicted octanol–water partition coefficient (Wildman–Crippen LogP) is 3.57. The summed E-state index contributed by atoms with van der Waals surface area (Å²) in [6.07, 6.45) is 2.31. The number of imide groups is 1. The molecular formula is C27H27FN2O5S. The van der Waals surface area contributed by atoms with Crippen molar-refractivity contribution in [2.75, 3.05) is 12.8 Å². The number of halogens is 1. The molecule has 7 nitrogen and oxygen atoms in total. The molecule has 0 radical (unpaired) electrons. The van der Waals surface area contributed by atoms with Crippen LogP contribution in [0.5, 0.6) is 11.5 Å². The van der Waals surface area contributed by atoms with Crippen molar-refractivity contribution in [3.05, 3.63) is 95.8 Å². The van der Waals surface area contributed by atoms with Crippen molar-refractivity contribution in [1.82, 2.24) is 10.6 Å². The molecule has 0 bridgehead atoms. The Morgan fingerprint density at radius 3 is 2.22 bits per heavy atom. The molecule has 3 aromatic rings.